The maximum Gasteiger partial charge on any atom is 0.332 e. The SMILES string of the molecule is CN1CCOc2ccc(N(C=O)C(=O)Nc3ccc(Cl)c(Cl)c3)cc21. The van der Waals surface area contributed by atoms with Crippen LogP contribution < -0.4 is 19.9 Å². The van der Waals surface area contributed by atoms with Gasteiger partial charge in [-0.05, 0) is 36.4 Å². The van der Waals surface area contributed by atoms with Crippen LogP contribution >= 0.6 is 23.2 Å². The number of carbonyl (C=O) groups excluding carboxylic acids is 2. The number of imide groups is 1. The van der Waals surface area contributed by atoms with E-state index in [4.69, 9.17) is 27.9 Å². The molecule has 0 radical (unpaired) electrons. The second-order valence-corrected chi connectivity index (χ2v) is 6.27. The van der Waals surface area contributed by atoms with Gasteiger partial charge in [-0.25, -0.2) is 9.69 Å². The average molecular weight is 380 g/mol. The minimum absolute atomic E-state index is 0.310. The van der Waals surface area contributed by atoms with Crippen LogP contribution in [-0.4, -0.2) is 32.6 Å². The third kappa shape index (κ3) is 3.65. The second-order valence-electron chi connectivity index (χ2n) is 5.46. The molecule has 1 aliphatic rings. The van der Waals surface area contributed by atoms with Crippen LogP contribution in [0.4, 0.5) is 21.9 Å². The lowest BCUT2D eigenvalue weighted by molar-refractivity contribution is -0.106. The molecule has 0 saturated heterocycles. The van der Waals surface area contributed by atoms with Gasteiger partial charge in [0.1, 0.15) is 12.4 Å². The van der Waals surface area contributed by atoms with E-state index in [1.165, 1.54) is 6.07 Å². The number of likely N-dealkylation sites (N-methyl/N-ethyl adjacent to an activating group) is 1. The van der Waals surface area contributed by atoms with Gasteiger partial charge < -0.3 is 15.0 Å². The molecule has 1 heterocycles. The first-order chi connectivity index (χ1) is 12.0. The van der Waals surface area contributed by atoms with Gasteiger partial charge in [0.05, 0.1) is 28.0 Å². The Morgan fingerprint density at radius 3 is 2.76 bits per heavy atom. The Hall–Kier alpha value is -2.44. The number of carbonyl (C=O) groups is 2. The molecule has 0 saturated carbocycles. The molecule has 0 aromatic heterocycles. The van der Waals surface area contributed by atoms with Crippen molar-refractivity contribution in [1.29, 1.82) is 0 Å². The first-order valence-corrected chi connectivity index (χ1v) is 8.24. The van der Waals surface area contributed by atoms with Crippen LogP contribution in [0.3, 0.4) is 0 Å². The molecule has 1 aliphatic heterocycles. The fourth-order valence-electron chi connectivity index (χ4n) is 2.47. The van der Waals surface area contributed by atoms with Gasteiger partial charge in [-0.15, -0.1) is 0 Å². The Kier molecular flexibility index (Phi) is 5.01. The number of hydrogen-bond donors (Lipinski definition) is 1. The number of nitrogens with one attached hydrogen (secondary N) is 1. The average Bonchev–Trinajstić information content (AvgIpc) is 2.59. The molecule has 6 nitrogen and oxygen atoms in total. The van der Waals surface area contributed by atoms with Gasteiger partial charge in [-0.2, -0.15) is 0 Å². The fourth-order valence-corrected chi connectivity index (χ4v) is 2.77. The van der Waals surface area contributed by atoms with Crippen molar-refractivity contribution in [2.45, 2.75) is 0 Å². The van der Waals surface area contributed by atoms with Gasteiger partial charge in [0.25, 0.3) is 0 Å². The maximum absolute atomic E-state index is 12.5. The molecule has 1 N–H and O–H groups in total. The maximum atomic E-state index is 12.5. The molecule has 0 unspecified atom stereocenters. The highest BCUT2D eigenvalue weighted by atomic mass is 35.5. The van der Waals surface area contributed by atoms with E-state index in [2.05, 4.69) is 5.32 Å². The summed E-state index contributed by atoms with van der Waals surface area (Å²) >= 11 is 11.8. The van der Waals surface area contributed by atoms with Crippen molar-refractivity contribution >= 4 is 52.7 Å². The zero-order valence-corrected chi connectivity index (χ0v) is 14.8. The van der Waals surface area contributed by atoms with Crippen LogP contribution in [0.1, 0.15) is 0 Å². The summed E-state index contributed by atoms with van der Waals surface area (Å²) < 4.78 is 5.57. The molecule has 0 fully saturated rings. The quantitative estimate of drug-likeness (QED) is 0.818. The van der Waals surface area contributed by atoms with Crippen LogP contribution in [0.5, 0.6) is 5.75 Å². The van der Waals surface area contributed by atoms with Gasteiger partial charge in [0, 0.05) is 12.7 Å². The Balaban J connectivity index is 1.84. The first kappa shape index (κ1) is 17.4. The summed E-state index contributed by atoms with van der Waals surface area (Å²) in [7, 11) is 1.92. The van der Waals surface area contributed by atoms with Crippen molar-refractivity contribution in [2.75, 3.05) is 35.3 Å². The summed E-state index contributed by atoms with van der Waals surface area (Å²) in [5.74, 6) is 0.716. The molecule has 130 valence electrons. The van der Waals surface area contributed by atoms with Crippen LogP contribution in [0.15, 0.2) is 36.4 Å². The molecule has 25 heavy (non-hydrogen) atoms. The third-order valence-corrected chi connectivity index (χ3v) is 4.55. The molecule has 8 heteroatoms. The Morgan fingerprint density at radius 1 is 1.24 bits per heavy atom. The fraction of sp³-hybridized carbons (Fsp3) is 0.176. The summed E-state index contributed by atoms with van der Waals surface area (Å²) in [6.07, 6.45) is 0.457. The summed E-state index contributed by atoms with van der Waals surface area (Å²) in [6.45, 7) is 1.32. The van der Waals surface area contributed by atoms with E-state index in [9.17, 15) is 9.59 Å². The summed E-state index contributed by atoms with van der Waals surface area (Å²) in [4.78, 5) is 26.9. The predicted molar refractivity (Wildman–Crippen MR) is 99.2 cm³/mol. The van der Waals surface area contributed by atoms with E-state index in [1.807, 2.05) is 11.9 Å². The molecule has 0 atom stereocenters. The first-order valence-electron chi connectivity index (χ1n) is 7.48. The highest BCUT2D eigenvalue weighted by molar-refractivity contribution is 6.42. The van der Waals surface area contributed by atoms with Gasteiger partial charge in [0.15, 0.2) is 0 Å². The molecule has 2 aromatic rings. The zero-order valence-electron chi connectivity index (χ0n) is 13.3. The van der Waals surface area contributed by atoms with E-state index in [-0.39, 0.29) is 0 Å². The number of anilines is 3. The largest absolute Gasteiger partial charge is 0.490 e. The summed E-state index contributed by atoms with van der Waals surface area (Å²) in [5.41, 5.74) is 1.69. The van der Waals surface area contributed by atoms with E-state index in [0.29, 0.717) is 40.2 Å². The number of amides is 3. The second kappa shape index (κ2) is 7.21. The number of fused-ring (bicyclic) bond motifs is 1. The van der Waals surface area contributed by atoms with E-state index >= 15 is 0 Å². The number of benzene rings is 2. The number of ether oxygens (including phenoxy) is 1. The minimum atomic E-state index is -0.604. The topological polar surface area (TPSA) is 61.9 Å². The van der Waals surface area contributed by atoms with Crippen molar-refractivity contribution in [3.8, 4) is 5.75 Å². The minimum Gasteiger partial charge on any atom is -0.490 e. The Labute approximate surface area is 154 Å². The molecule has 0 aliphatic carbocycles. The van der Waals surface area contributed by atoms with E-state index in [1.54, 1.807) is 30.3 Å². The van der Waals surface area contributed by atoms with Crippen LogP contribution in [0, 0.1) is 0 Å². The van der Waals surface area contributed by atoms with Crippen LogP contribution in [-0.2, 0) is 4.79 Å². The van der Waals surface area contributed by atoms with Crippen LogP contribution in [0.25, 0.3) is 0 Å². The van der Waals surface area contributed by atoms with Crippen molar-refractivity contribution in [3.63, 3.8) is 0 Å². The highest BCUT2D eigenvalue weighted by Gasteiger charge is 2.20. The number of urea groups is 1. The molecule has 0 bridgehead atoms. The van der Waals surface area contributed by atoms with E-state index in [0.717, 1.165) is 17.1 Å². The van der Waals surface area contributed by atoms with Crippen molar-refractivity contribution in [1.82, 2.24) is 0 Å². The lowest BCUT2D eigenvalue weighted by Crippen LogP contribution is -2.34. The normalized spacial score (nSPS) is 12.8. The number of halogens is 2. The smallest absolute Gasteiger partial charge is 0.332 e. The van der Waals surface area contributed by atoms with Crippen molar-refractivity contribution < 1.29 is 14.3 Å². The number of rotatable bonds is 3. The molecular weight excluding hydrogens is 365 g/mol. The molecule has 2 aromatic carbocycles. The zero-order chi connectivity index (χ0) is 18.0. The van der Waals surface area contributed by atoms with Gasteiger partial charge >= 0.3 is 6.03 Å². The predicted octanol–water partition coefficient (Wildman–Crippen LogP) is 4.02. The van der Waals surface area contributed by atoms with Crippen molar-refractivity contribution in [3.05, 3.63) is 46.4 Å². The lowest BCUT2D eigenvalue weighted by atomic mass is 10.2. The summed E-state index contributed by atoms with van der Waals surface area (Å²) in [6, 6.07) is 9.20. The van der Waals surface area contributed by atoms with Gasteiger partial charge in [-0.3, -0.25) is 4.79 Å². The monoisotopic (exact) mass is 379 g/mol. The summed E-state index contributed by atoms with van der Waals surface area (Å²) in [5, 5.41) is 3.31. The van der Waals surface area contributed by atoms with Crippen molar-refractivity contribution in [2.24, 2.45) is 0 Å². The lowest BCUT2D eigenvalue weighted by Gasteiger charge is -2.29. The molecular formula is C17H15Cl2N3O3. The standard InChI is InChI=1S/C17H15Cl2N3O3/c1-21-6-7-25-16-5-3-12(9-15(16)21)22(10-23)17(24)20-11-2-4-13(18)14(19)8-11/h2-5,8-10H,6-7H2,1H3,(H,20,24). The molecule has 3 rings (SSSR count). The number of nitrogens with zero attached hydrogens (tertiary/aromatic N) is 2. The van der Waals surface area contributed by atoms with Gasteiger partial charge in [0.2, 0.25) is 6.41 Å². The van der Waals surface area contributed by atoms with Gasteiger partial charge in [-0.1, -0.05) is 23.2 Å². The number of hydrogen-bond acceptors (Lipinski definition) is 4. The third-order valence-electron chi connectivity index (χ3n) is 3.81. The van der Waals surface area contributed by atoms with Crippen LogP contribution in [0.2, 0.25) is 10.0 Å². The Morgan fingerprint density at radius 2 is 2.04 bits per heavy atom. The van der Waals surface area contributed by atoms with E-state index < -0.39 is 6.03 Å². The molecule has 3 amide bonds. The molecule has 0 spiro atoms. The Bertz CT molecular complexity index is 829. The highest BCUT2D eigenvalue weighted by Crippen LogP contribution is 2.34.